The summed E-state index contributed by atoms with van der Waals surface area (Å²) in [6, 6.07) is 15.3. The van der Waals surface area contributed by atoms with Crippen LogP contribution in [0.1, 0.15) is 0 Å². The lowest BCUT2D eigenvalue weighted by atomic mass is 10.1. The minimum absolute atomic E-state index is 0.428. The Kier molecular flexibility index (Phi) is 2.87. The van der Waals surface area contributed by atoms with Gasteiger partial charge in [0.2, 0.25) is 0 Å². The Hall–Kier alpha value is -2.79. The number of anilines is 3. The molecule has 22 heavy (non-hydrogen) atoms. The van der Waals surface area contributed by atoms with E-state index in [1.807, 2.05) is 48.5 Å². The molecular weight excluding hydrogens is 298 g/mol. The number of fused-ring (bicyclic) bond motifs is 3. The van der Waals surface area contributed by atoms with E-state index in [-0.39, 0.29) is 0 Å². The summed E-state index contributed by atoms with van der Waals surface area (Å²) in [5.74, 6) is 1.04. The first-order chi connectivity index (χ1) is 10.7. The molecule has 0 aliphatic rings. The van der Waals surface area contributed by atoms with E-state index in [1.54, 1.807) is 0 Å². The second-order valence-corrected chi connectivity index (χ2v) is 5.35. The number of aromatic amines is 1. The minimum atomic E-state index is 0.428. The zero-order valence-electron chi connectivity index (χ0n) is 11.5. The van der Waals surface area contributed by atoms with Gasteiger partial charge >= 0.3 is 0 Å². The van der Waals surface area contributed by atoms with Crippen molar-refractivity contribution in [3.63, 3.8) is 0 Å². The first-order valence-electron chi connectivity index (χ1n) is 6.78. The Morgan fingerprint density at radius 1 is 1.05 bits per heavy atom. The number of pyridine rings is 1. The van der Waals surface area contributed by atoms with Crippen LogP contribution < -0.4 is 11.1 Å². The highest BCUT2D eigenvalue weighted by molar-refractivity contribution is 6.33. The molecule has 0 aliphatic carbocycles. The topological polar surface area (TPSA) is 79.6 Å². The molecule has 2 heterocycles. The summed E-state index contributed by atoms with van der Waals surface area (Å²) >= 11 is 6.18. The molecular formula is C16H12ClN5. The van der Waals surface area contributed by atoms with Gasteiger partial charge in [-0.2, -0.15) is 5.10 Å². The van der Waals surface area contributed by atoms with Crippen LogP contribution in [0.3, 0.4) is 0 Å². The average Bonchev–Trinajstić information content (AvgIpc) is 2.94. The van der Waals surface area contributed by atoms with Gasteiger partial charge in [0.25, 0.3) is 0 Å². The molecule has 0 amide bonds. The van der Waals surface area contributed by atoms with Crippen LogP contribution in [0.4, 0.5) is 17.3 Å². The lowest BCUT2D eigenvalue weighted by molar-refractivity contribution is 1.12. The molecule has 0 saturated heterocycles. The molecule has 4 N–H and O–H groups in total. The lowest BCUT2D eigenvalue weighted by Crippen LogP contribution is -1.96. The van der Waals surface area contributed by atoms with Gasteiger partial charge in [-0.25, -0.2) is 4.98 Å². The number of rotatable bonds is 2. The molecule has 0 saturated carbocycles. The maximum atomic E-state index is 6.18. The van der Waals surface area contributed by atoms with Crippen LogP contribution in [0.5, 0.6) is 0 Å². The van der Waals surface area contributed by atoms with E-state index in [4.69, 9.17) is 17.3 Å². The SMILES string of the molecule is Nc1nc2ccccc2c2[nH]nc(Nc3ccccc3Cl)c12. The minimum Gasteiger partial charge on any atom is -0.383 e. The number of halogens is 1. The van der Waals surface area contributed by atoms with Crippen molar-refractivity contribution in [3.05, 3.63) is 53.6 Å². The predicted molar refractivity (Wildman–Crippen MR) is 90.5 cm³/mol. The largest absolute Gasteiger partial charge is 0.383 e. The van der Waals surface area contributed by atoms with Crippen molar-refractivity contribution in [1.29, 1.82) is 0 Å². The molecule has 0 fully saturated rings. The zero-order chi connectivity index (χ0) is 15.1. The van der Waals surface area contributed by atoms with Crippen molar-refractivity contribution in [2.45, 2.75) is 0 Å². The highest BCUT2D eigenvalue weighted by Crippen LogP contribution is 2.33. The van der Waals surface area contributed by atoms with Gasteiger partial charge in [0.1, 0.15) is 5.82 Å². The highest BCUT2D eigenvalue weighted by atomic mass is 35.5. The third-order valence-corrected chi connectivity index (χ3v) is 3.89. The van der Waals surface area contributed by atoms with Crippen LogP contribution in [-0.2, 0) is 0 Å². The number of nitrogens with two attached hydrogens (primary N) is 1. The molecule has 4 rings (SSSR count). The Balaban J connectivity index is 1.93. The molecule has 5 nitrogen and oxygen atoms in total. The van der Waals surface area contributed by atoms with Crippen molar-refractivity contribution in [3.8, 4) is 0 Å². The van der Waals surface area contributed by atoms with E-state index < -0.39 is 0 Å². The third kappa shape index (κ3) is 1.95. The maximum Gasteiger partial charge on any atom is 0.163 e. The first-order valence-corrected chi connectivity index (χ1v) is 7.15. The van der Waals surface area contributed by atoms with Gasteiger partial charge < -0.3 is 11.1 Å². The number of hydrogen-bond donors (Lipinski definition) is 3. The summed E-state index contributed by atoms with van der Waals surface area (Å²) in [6.07, 6.45) is 0. The van der Waals surface area contributed by atoms with Crippen LogP contribution in [0.2, 0.25) is 5.02 Å². The van der Waals surface area contributed by atoms with Crippen LogP contribution >= 0.6 is 11.6 Å². The quantitative estimate of drug-likeness (QED) is 0.521. The molecule has 0 unspecified atom stereocenters. The summed E-state index contributed by atoms with van der Waals surface area (Å²) in [5.41, 5.74) is 8.58. The van der Waals surface area contributed by atoms with Crippen LogP contribution in [0.25, 0.3) is 21.8 Å². The van der Waals surface area contributed by atoms with Gasteiger partial charge in [0.15, 0.2) is 5.82 Å². The van der Waals surface area contributed by atoms with E-state index >= 15 is 0 Å². The van der Waals surface area contributed by atoms with Crippen LogP contribution in [0, 0.1) is 0 Å². The Morgan fingerprint density at radius 2 is 1.82 bits per heavy atom. The summed E-state index contributed by atoms with van der Waals surface area (Å²) in [4.78, 5) is 4.45. The Morgan fingerprint density at radius 3 is 2.68 bits per heavy atom. The molecule has 0 bridgehead atoms. The first kappa shape index (κ1) is 12.9. The maximum absolute atomic E-state index is 6.18. The lowest BCUT2D eigenvalue weighted by Gasteiger charge is -2.07. The summed E-state index contributed by atoms with van der Waals surface area (Å²) in [7, 11) is 0. The number of benzene rings is 2. The molecule has 0 spiro atoms. The van der Waals surface area contributed by atoms with Gasteiger partial charge in [-0.1, -0.05) is 41.9 Å². The number of aromatic nitrogens is 3. The second-order valence-electron chi connectivity index (χ2n) is 4.94. The van der Waals surface area contributed by atoms with Crippen LogP contribution in [0.15, 0.2) is 48.5 Å². The Labute approximate surface area is 131 Å². The summed E-state index contributed by atoms with van der Waals surface area (Å²) < 4.78 is 0. The van der Waals surface area contributed by atoms with Crippen LogP contribution in [-0.4, -0.2) is 15.2 Å². The molecule has 6 heteroatoms. The van der Waals surface area contributed by atoms with Gasteiger partial charge in [0, 0.05) is 5.39 Å². The second kappa shape index (κ2) is 4.89. The highest BCUT2D eigenvalue weighted by Gasteiger charge is 2.14. The van der Waals surface area contributed by atoms with E-state index in [0.29, 0.717) is 16.7 Å². The fourth-order valence-corrected chi connectivity index (χ4v) is 2.72. The number of nitrogen functional groups attached to an aromatic ring is 1. The number of nitrogens with zero attached hydrogens (tertiary/aromatic N) is 2. The predicted octanol–water partition coefficient (Wildman–Crippen LogP) is 4.09. The van der Waals surface area contributed by atoms with Crippen molar-refractivity contribution >= 4 is 50.7 Å². The number of nitrogens with one attached hydrogen (secondary N) is 2. The van der Waals surface area contributed by atoms with E-state index in [1.165, 1.54) is 0 Å². The van der Waals surface area contributed by atoms with Gasteiger partial charge in [-0.3, -0.25) is 5.10 Å². The monoisotopic (exact) mass is 309 g/mol. The van der Waals surface area contributed by atoms with E-state index in [2.05, 4.69) is 20.5 Å². The van der Waals surface area contributed by atoms with Crippen molar-refractivity contribution in [2.24, 2.45) is 0 Å². The third-order valence-electron chi connectivity index (χ3n) is 3.56. The standard InChI is InChI=1S/C16H12ClN5/c17-10-6-2-4-8-12(10)20-16-13-14(21-22-16)9-5-1-3-7-11(9)19-15(13)18/h1-8H,(H2,18,19)(H2,20,21,22). The van der Waals surface area contributed by atoms with Gasteiger partial charge in [-0.15, -0.1) is 0 Å². The normalized spacial score (nSPS) is 11.1. The average molecular weight is 310 g/mol. The van der Waals surface area contributed by atoms with E-state index in [0.717, 1.165) is 27.5 Å². The molecule has 2 aromatic carbocycles. The zero-order valence-corrected chi connectivity index (χ0v) is 12.2. The molecule has 0 radical (unpaired) electrons. The van der Waals surface area contributed by atoms with Gasteiger partial charge in [0.05, 0.1) is 27.1 Å². The smallest absolute Gasteiger partial charge is 0.163 e. The van der Waals surface area contributed by atoms with Crippen molar-refractivity contribution < 1.29 is 0 Å². The fraction of sp³-hybridized carbons (Fsp3) is 0. The number of hydrogen-bond acceptors (Lipinski definition) is 4. The molecule has 0 atom stereocenters. The number of para-hydroxylation sites is 2. The van der Waals surface area contributed by atoms with Gasteiger partial charge in [-0.05, 0) is 18.2 Å². The summed E-state index contributed by atoms with van der Waals surface area (Å²) in [6.45, 7) is 0. The molecule has 0 aliphatic heterocycles. The molecule has 108 valence electrons. The fourth-order valence-electron chi connectivity index (χ4n) is 2.54. The Bertz CT molecular complexity index is 992. The van der Waals surface area contributed by atoms with Crippen molar-refractivity contribution in [1.82, 2.24) is 15.2 Å². The van der Waals surface area contributed by atoms with E-state index in [9.17, 15) is 0 Å². The number of H-pyrrole nitrogens is 1. The molecule has 2 aromatic heterocycles. The van der Waals surface area contributed by atoms with Crippen molar-refractivity contribution in [2.75, 3.05) is 11.1 Å². The molecule has 4 aromatic rings. The summed E-state index contributed by atoms with van der Waals surface area (Å²) in [5, 5.41) is 12.9.